The van der Waals surface area contributed by atoms with Crippen LogP contribution in [0.15, 0.2) is 91.0 Å². The molecule has 42 heavy (non-hydrogen) atoms. The molecule has 5 rings (SSSR count). The molecule has 0 aliphatic carbocycles. The van der Waals surface area contributed by atoms with Gasteiger partial charge in [-0.25, -0.2) is 4.79 Å². The Morgan fingerprint density at radius 3 is 1.86 bits per heavy atom. The fourth-order valence-corrected chi connectivity index (χ4v) is 5.73. The Balaban J connectivity index is 1.39. The van der Waals surface area contributed by atoms with E-state index >= 15 is 0 Å². The number of ether oxygens (including phenoxy) is 5. The average Bonchev–Trinajstić information content (AvgIpc) is 3.56. The number of rotatable bonds is 11. The van der Waals surface area contributed by atoms with Crippen LogP contribution < -0.4 is 0 Å². The van der Waals surface area contributed by atoms with Crippen LogP contribution >= 0.6 is 0 Å². The van der Waals surface area contributed by atoms with E-state index in [9.17, 15) is 19.2 Å². The van der Waals surface area contributed by atoms with E-state index in [4.69, 9.17) is 23.7 Å². The molecule has 0 aromatic heterocycles. The smallest absolute Gasteiger partial charge is 0.338 e. The molecule has 2 fully saturated rings. The Morgan fingerprint density at radius 1 is 0.738 bits per heavy atom. The van der Waals surface area contributed by atoms with E-state index in [1.165, 1.54) is 6.92 Å². The molecule has 9 nitrogen and oxygen atoms in total. The summed E-state index contributed by atoms with van der Waals surface area (Å²) in [7, 11) is 0. The highest BCUT2D eigenvalue weighted by Gasteiger charge is 2.69. The predicted molar refractivity (Wildman–Crippen MR) is 149 cm³/mol. The quantitative estimate of drug-likeness (QED) is 0.245. The van der Waals surface area contributed by atoms with Crippen molar-refractivity contribution < 1.29 is 42.9 Å². The highest BCUT2D eigenvalue weighted by molar-refractivity contribution is 5.89. The minimum Gasteiger partial charge on any atom is -0.463 e. The lowest BCUT2D eigenvalue weighted by atomic mass is 9.67. The number of hydrogen-bond donors (Lipinski definition) is 0. The number of fused-ring (bicyclic) bond motifs is 2. The zero-order valence-corrected chi connectivity index (χ0v) is 23.2. The Hall–Kier alpha value is -4.50. The van der Waals surface area contributed by atoms with Gasteiger partial charge >= 0.3 is 23.9 Å². The van der Waals surface area contributed by atoms with Gasteiger partial charge in [0, 0.05) is 12.8 Å². The predicted octanol–water partition coefficient (Wildman–Crippen LogP) is 4.28. The van der Waals surface area contributed by atoms with E-state index in [1.54, 1.807) is 30.3 Å². The second-order valence-corrected chi connectivity index (χ2v) is 10.5. The summed E-state index contributed by atoms with van der Waals surface area (Å²) in [6.45, 7) is 0.920. The van der Waals surface area contributed by atoms with Gasteiger partial charge in [-0.2, -0.15) is 0 Å². The zero-order chi connectivity index (χ0) is 29.5. The fraction of sp³-hybridized carbons (Fsp3) is 0.333. The fourth-order valence-electron chi connectivity index (χ4n) is 5.73. The van der Waals surface area contributed by atoms with Gasteiger partial charge in [0.25, 0.3) is 0 Å². The van der Waals surface area contributed by atoms with Crippen molar-refractivity contribution in [3.05, 3.63) is 108 Å². The van der Waals surface area contributed by atoms with Gasteiger partial charge in [0.2, 0.25) is 0 Å². The average molecular weight is 573 g/mol. The first-order valence-electron chi connectivity index (χ1n) is 13.8. The standard InChI is InChI=1S/C33H32O9/c1-22(34)41-21-33-17-26(20-40-30(35)25-15-9-4-10-16-25)29(42-33)27(31(36)38-18-23-11-5-2-6-12-23)28(33)32(37)39-19-24-13-7-3-8-14-24/h2-16,26-29H,17-21H2,1H3/t26-,27+,28+,29-,33-/m1/s1. The summed E-state index contributed by atoms with van der Waals surface area (Å²) >= 11 is 0. The van der Waals surface area contributed by atoms with E-state index in [1.807, 2.05) is 60.7 Å². The molecule has 2 aliphatic rings. The monoisotopic (exact) mass is 572 g/mol. The topological polar surface area (TPSA) is 114 Å². The summed E-state index contributed by atoms with van der Waals surface area (Å²) in [5.41, 5.74) is 0.584. The molecule has 5 atom stereocenters. The molecule has 0 unspecified atom stereocenters. The molecule has 3 aromatic carbocycles. The minimum atomic E-state index is -1.36. The summed E-state index contributed by atoms with van der Waals surface area (Å²) in [4.78, 5) is 51.8. The largest absolute Gasteiger partial charge is 0.463 e. The maximum atomic E-state index is 13.7. The highest BCUT2D eigenvalue weighted by Crippen LogP contribution is 2.55. The van der Waals surface area contributed by atoms with Gasteiger partial charge in [0.05, 0.1) is 24.2 Å². The lowest BCUT2D eigenvalue weighted by Gasteiger charge is -2.36. The minimum absolute atomic E-state index is 0.000712. The van der Waals surface area contributed by atoms with Crippen molar-refractivity contribution in [2.45, 2.75) is 38.3 Å². The van der Waals surface area contributed by atoms with Crippen molar-refractivity contribution in [3.63, 3.8) is 0 Å². The van der Waals surface area contributed by atoms with Crippen molar-refractivity contribution in [1.82, 2.24) is 0 Å². The first-order valence-corrected chi connectivity index (χ1v) is 13.8. The molecule has 3 aromatic rings. The summed E-state index contributed by atoms with van der Waals surface area (Å²) < 4.78 is 28.7. The lowest BCUT2D eigenvalue weighted by molar-refractivity contribution is -0.170. The van der Waals surface area contributed by atoms with Crippen molar-refractivity contribution in [2.24, 2.45) is 17.8 Å². The summed E-state index contributed by atoms with van der Waals surface area (Å²) in [5.74, 6) is -5.01. The third-order valence-corrected chi connectivity index (χ3v) is 7.65. The van der Waals surface area contributed by atoms with Crippen LogP contribution in [0.25, 0.3) is 0 Å². The van der Waals surface area contributed by atoms with Crippen LogP contribution in [0.5, 0.6) is 0 Å². The normalized spacial score (nSPS) is 24.0. The number of carbonyl (C=O) groups is 4. The van der Waals surface area contributed by atoms with Crippen LogP contribution in [0.3, 0.4) is 0 Å². The first kappa shape index (κ1) is 29.0. The molecule has 0 amide bonds. The van der Waals surface area contributed by atoms with Gasteiger partial charge in [-0.15, -0.1) is 0 Å². The summed E-state index contributed by atoms with van der Waals surface area (Å²) in [6.07, 6.45) is -0.623. The molecule has 0 saturated carbocycles. The van der Waals surface area contributed by atoms with Gasteiger partial charge in [0.1, 0.15) is 31.3 Å². The van der Waals surface area contributed by atoms with Crippen LogP contribution in [0.2, 0.25) is 0 Å². The van der Waals surface area contributed by atoms with Gasteiger partial charge < -0.3 is 23.7 Å². The second kappa shape index (κ2) is 13.0. The second-order valence-electron chi connectivity index (χ2n) is 10.5. The summed E-state index contributed by atoms with van der Waals surface area (Å²) in [6, 6.07) is 26.9. The van der Waals surface area contributed by atoms with Gasteiger partial charge in [-0.3, -0.25) is 14.4 Å². The van der Waals surface area contributed by atoms with E-state index < -0.39 is 53.3 Å². The molecule has 2 aliphatic heterocycles. The SMILES string of the molecule is CC(=O)OC[C@@]12C[C@H](COC(=O)c3ccccc3)[C@@H](O1)[C@@H](C(=O)OCc1ccccc1)[C@H]2C(=O)OCc1ccccc1. The lowest BCUT2D eigenvalue weighted by Crippen LogP contribution is -2.52. The van der Waals surface area contributed by atoms with E-state index in [0.29, 0.717) is 5.56 Å². The van der Waals surface area contributed by atoms with Crippen molar-refractivity contribution in [3.8, 4) is 0 Å². The molecular weight excluding hydrogens is 540 g/mol. The van der Waals surface area contributed by atoms with Crippen LogP contribution in [0.4, 0.5) is 0 Å². The number of carbonyl (C=O) groups excluding carboxylic acids is 4. The van der Waals surface area contributed by atoms with Crippen LogP contribution in [-0.2, 0) is 51.3 Å². The van der Waals surface area contributed by atoms with Crippen molar-refractivity contribution in [2.75, 3.05) is 13.2 Å². The molecule has 0 spiro atoms. The third-order valence-electron chi connectivity index (χ3n) is 7.65. The van der Waals surface area contributed by atoms with Gasteiger partial charge in [-0.1, -0.05) is 78.9 Å². The highest BCUT2D eigenvalue weighted by atomic mass is 16.6. The van der Waals surface area contributed by atoms with E-state index in [2.05, 4.69) is 0 Å². The summed E-state index contributed by atoms with van der Waals surface area (Å²) in [5, 5.41) is 0. The Bertz CT molecular complexity index is 1390. The molecule has 218 valence electrons. The van der Waals surface area contributed by atoms with Crippen molar-refractivity contribution in [1.29, 1.82) is 0 Å². The third kappa shape index (κ3) is 6.52. The maximum absolute atomic E-state index is 13.7. The molecule has 2 heterocycles. The van der Waals surface area contributed by atoms with Crippen LogP contribution in [-0.4, -0.2) is 48.8 Å². The molecule has 0 N–H and O–H groups in total. The van der Waals surface area contributed by atoms with E-state index in [0.717, 1.165) is 11.1 Å². The first-order chi connectivity index (χ1) is 20.4. The van der Waals surface area contributed by atoms with Crippen LogP contribution in [0.1, 0.15) is 34.8 Å². The zero-order valence-electron chi connectivity index (χ0n) is 23.2. The molecule has 2 saturated heterocycles. The van der Waals surface area contributed by atoms with Crippen molar-refractivity contribution >= 4 is 23.9 Å². The van der Waals surface area contributed by atoms with Crippen LogP contribution in [0, 0.1) is 17.8 Å². The maximum Gasteiger partial charge on any atom is 0.338 e. The van der Waals surface area contributed by atoms with Gasteiger partial charge in [0.15, 0.2) is 0 Å². The molecular formula is C33H32O9. The van der Waals surface area contributed by atoms with E-state index in [-0.39, 0.29) is 32.8 Å². The number of esters is 4. The van der Waals surface area contributed by atoms with Gasteiger partial charge in [-0.05, 0) is 29.7 Å². The molecule has 2 bridgehead atoms. The Morgan fingerprint density at radius 2 is 1.29 bits per heavy atom. The Kier molecular flexibility index (Phi) is 8.97. The molecule has 9 heteroatoms. The number of hydrogen-bond acceptors (Lipinski definition) is 9. The number of benzene rings is 3. The molecule has 0 radical (unpaired) electrons. The Labute approximate surface area is 243 Å².